The van der Waals surface area contributed by atoms with Gasteiger partial charge in [-0.3, -0.25) is 4.68 Å². The van der Waals surface area contributed by atoms with Crippen LogP contribution in [0.4, 0.5) is 23.7 Å². The molecule has 142 valence electrons. The molecule has 2 rings (SSSR count). The van der Waals surface area contributed by atoms with Crippen LogP contribution in [-0.4, -0.2) is 30.5 Å². The van der Waals surface area contributed by atoms with E-state index in [2.05, 4.69) is 15.7 Å². The number of sulfone groups is 1. The highest BCUT2D eigenvalue weighted by molar-refractivity contribution is 7.90. The largest absolute Gasteiger partial charge is 0.419 e. The summed E-state index contributed by atoms with van der Waals surface area (Å²) in [6.07, 6.45) is -2.85. The van der Waals surface area contributed by atoms with Gasteiger partial charge in [-0.25, -0.2) is 13.2 Å². The van der Waals surface area contributed by atoms with Crippen LogP contribution in [0.5, 0.6) is 0 Å². The summed E-state index contributed by atoms with van der Waals surface area (Å²) in [5.41, 5.74) is -0.416. The minimum atomic E-state index is -4.58. The predicted molar refractivity (Wildman–Crippen MR) is 88.4 cm³/mol. The second-order valence-electron chi connectivity index (χ2n) is 5.69. The van der Waals surface area contributed by atoms with Crippen molar-refractivity contribution in [2.24, 2.45) is 7.05 Å². The summed E-state index contributed by atoms with van der Waals surface area (Å²) in [6.45, 7) is 1.21. The number of aromatic nitrogens is 2. The van der Waals surface area contributed by atoms with Crippen molar-refractivity contribution in [1.82, 2.24) is 15.1 Å². The number of amides is 2. The molecule has 2 amide bonds. The lowest BCUT2D eigenvalue weighted by atomic mass is 10.2. The van der Waals surface area contributed by atoms with E-state index in [1.165, 1.54) is 25.2 Å². The molecule has 0 unspecified atom stereocenters. The van der Waals surface area contributed by atoms with Crippen molar-refractivity contribution in [2.45, 2.75) is 24.5 Å². The standard InChI is InChI=1S/C15H17F3N4O3S/c1-9-4-5-10(6-13(9)26(3,24)25)21-14(23)19-8-12-11(15(16,17)18)7-20-22(12)2/h4-7H,8H2,1-3H3,(H2,19,21,23). The monoisotopic (exact) mass is 390 g/mol. The molecule has 0 spiro atoms. The molecule has 0 saturated heterocycles. The van der Waals surface area contributed by atoms with E-state index in [0.29, 0.717) is 11.8 Å². The molecule has 0 atom stereocenters. The number of nitrogens with one attached hydrogen (secondary N) is 2. The Labute approximate surface area is 148 Å². The Morgan fingerprint density at radius 1 is 1.31 bits per heavy atom. The van der Waals surface area contributed by atoms with Crippen LogP contribution in [0.1, 0.15) is 16.8 Å². The number of hydrogen-bond donors (Lipinski definition) is 2. The smallest absolute Gasteiger partial charge is 0.332 e. The third kappa shape index (κ3) is 4.54. The molecule has 26 heavy (non-hydrogen) atoms. The van der Waals surface area contributed by atoms with Crippen molar-refractivity contribution in [3.05, 3.63) is 41.2 Å². The Kier molecular flexibility index (Phi) is 5.31. The van der Waals surface area contributed by atoms with Gasteiger partial charge < -0.3 is 10.6 Å². The van der Waals surface area contributed by atoms with Crippen molar-refractivity contribution in [1.29, 1.82) is 0 Å². The van der Waals surface area contributed by atoms with Gasteiger partial charge in [0.15, 0.2) is 9.84 Å². The molecule has 0 radical (unpaired) electrons. The average molecular weight is 390 g/mol. The van der Waals surface area contributed by atoms with Gasteiger partial charge in [0.1, 0.15) is 0 Å². The van der Waals surface area contributed by atoms with Crippen LogP contribution >= 0.6 is 0 Å². The third-order valence-corrected chi connectivity index (χ3v) is 4.87. The lowest BCUT2D eigenvalue weighted by Crippen LogP contribution is -2.30. The zero-order chi connectivity index (χ0) is 19.7. The van der Waals surface area contributed by atoms with Gasteiger partial charge >= 0.3 is 12.2 Å². The molecule has 0 bridgehead atoms. The van der Waals surface area contributed by atoms with E-state index in [4.69, 9.17) is 0 Å². The normalized spacial score (nSPS) is 12.1. The van der Waals surface area contributed by atoms with Crippen LogP contribution < -0.4 is 10.6 Å². The van der Waals surface area contributed by atoms with Crippen LogP contribution in [0, 0.1) is 6.92 Å². The van der Waals surface area contributed by atoms with E-state index in [0.717, 1.165) is 10.9 Å². The number of nitrogens with zero attached hydrogens (tertiary/aromatic N) is 2. The Hall–Kier alpha value is -2.56. The van der Waals surface area contributed by atoms with Crippen LogP contribution in [0.25, 0.3) is 0 Å². The summed E-state index contributed by atoms with van der Waals surface area (Å²) in [6, 6.07) is 3.53. The summed E-state index contributed by atoms with van der Waals surface area (Å²) in [5, 5.41) is 8.25. The molecule has 0 fully saturated rings. The van der Waals surface area contributed by atoms with Crippen molar-refractivity contribution >= 4 is 21.6 Å². The summed E-state index contributed by atoms with van der Waals surface area (Å²) in [7, 11) is -2.14. The van der Waals surface area contributed by atoms with Crippen molar-refractivity contribution < 1.29 is 26.4 Å². The first-order valence-electron chi connectivity index (χ1n) is 7.33. The van der Waals surface area contributed by atoms with Gasteiger partial charge in [0.2, 0.25) is 0 Å². The number of alkyl halides is 3. The van der Waals surface area contributed by atoms with Crippen LogP contribution in [0.15, 0.2) is 29.3 Å². The number of rotatable bonds is 4. The maximum Gasteiger partial charge on any atom is 0.419 e. The zero-order valence-electron chi connectivity index (χ0n) is 14.2. The molecule has 2 aromatic rings. The minimum absolute atomic E-state index is 0.0568. The maximum atomic E-state index is 12.9. The quantitative estimate of drug-likeness (QED) is 0.839. The number of halogens is 3. The molecule has 0 aliphatic rings. The van der Waals surface area contributed by atoms with Crippen LogP contribution in [0.3, 0.4) is 0 Å². The molecule has 11 heteroatoms. The second kappa shape index (κ2) is 6.98. The first kappa shape index (κ1) is 19.8. The van der Waals surface area contributed by atoms with Gasteiger partial charge in [0, 0.05) is 19.0 Å². The highest BCUT2D eigenvalue weighted by Gasteiger charge is 2.35. The fourth-order valence-electron chi connectivity index (χ4n) is 2.33. The fraction of sp³-hybridized carbons (Fsp3) is 0.333. The summed E-state index contributed by atoms with van der Waals surface area (Å²) in [5.74, 6) is 0. The summed E-state index contributed by atoms with van der Waals surface area (Å²) in [4.78, 5) is 12.0. The Bertz CT molecular complexity index is 936. The summed E-state index contributed by atoms with van der Waals surface area (Å²) < 4.78 is 63.1. The molecular formula is C15H17F3N4O3S. The average Bonchev–Trinajstić information content (AvgIpc) is 2.87. The van der Waals surface area contributed by atoms with E-state index in [1.54, 1.807) is 6.92 Å². The van der Waals surface area contributed by atoms with Crippen molar-refractivity contribution in [3.63, 3.8) is 0 Å². The van der Waals surface area contributed by atoms with E-state index in [1.807, 2.05) is 0 Å². The number of hydrogen-bond acceptors (Lipinski definition) is 4. The van der Waals surface area contributed by atoms with Gasteiger partial charge in [0.05, 0.1) is 28.9 Å². The molecule has 1 aromatic carbocycles. The van der Waals surface area contributed by atoms with Crippen LogP contribution in [-0.2, 0) is 29.6 Å². The Morgan fingerprint density at radius 3 is 2.54 bits per heavy atom. The lowest BCUT2D eigenvalue weighted by Gasteiger charge is -2.12. The van der Waals surface area contributed by atoms with Gasteiger partial charge in [-0.1, -0.05) is 6.07 Å². The molecule has 0 saturated carbocycles. The lowest BCUT2D eigenvalue weighted by molar-refractivity contribution is -0.138. The molecule has 0 aliphatic heterocycles. The number of carbonyl (C=O) groups excluding carboxylic acids is 1. The van der Waals surface area contributed by atoms with E-state index in [-0.39, 0.29) is 16.3 Å². The number of aryl methyl sites for hydroxylation is 2. The molecule has 1 aromatic heterocycles. The number of urea groups is 1. The Morgan fingerprint density at radius 2 is 1.96 bits per heavy atom. The number of carbonyl (C=O) groups is 1. The first-order valence-corrected chi connectivity index (χ1v) is 9.22. The van der Waals surface area contributed by atoms with E-state index >= 15 is 0 Å². The predicted octanol–water partition coefficient (Wildman–Crippen LogP) is 2.47. The number of benzene rings is 1. The molecular weight excluding hydrogens is 373 g/mol. The Balaban J connectivity index is 2.11. The topological polar surface area (TPSA) is 93.1 Å². The van der Waals surface area contributed by atoms with Crippen LogP contribution in [0.2, 0.25) is 0 Å². The molecule has 7 nitrogen and oxygen atoms in total. The highest BCUT2D eigenvalue weighted by Crippen LogP contribution is 2.31. The van der Waals surface area contributed by atoms with Gasteiger partial charge in [-0.2, -0.15) is 18.3 Å². The molecule has 0 aliphatic carbocycles. The van der Waals surface area contributed by atoms with Gasteiger partial charge in [-0.05, 0) is 24.6 Å². The van der Waals surface area contributed by atoms with Gasteiger partial charge in [0.25, 0.3) is 0 Å². The first-order chi connectivity index (χ1) is 11.9. The van der Waals surface area contributed by atoms with E-state index < -0.39 is 34.2 Å². The summed E-state index contributed by atoms with van der Waals surface area (Å²) >= 11 is 0. The second-order valence-corrected chi connectivity index (χ2v) is 7.67. The maximum absolute atomic E-state index is 12.9. The van der Waals surface area contributed by atoms with Crippen molar-refractivity contribution in [2.75, 3.05) is 11.6 Å². The van der Waals surface area contributed by atoms with Crippen molar-refractivity contribution in [3.8, 4) is 0 Å². The molecule has 1 heterocycles. The van der Waals surface area contributed by atoms with Gasteiger partial charge in [-0.15, -0.1) is 0 Å². The molecule has 2 N–H and O–H groups in total. The fourth-order valence-corrected chi connectivity index (χ4v) is 3.32. The third-order valence-electron chi connectivity index (χ3n) is 3.63. The highest BCUT2D eigenvalue weighted by atomic mass is 32.2. The SMILES string of the molecule is Cc1ccc(NC(=O)NCc2c(C(F)(F)F)cnn2C)cc1S(C)(=O)=O. The minimum Gasteiger partial charge on any atom is -0.332 e. The van der Waals surface area contributed by atoms with E-state index in [9.17, 15) is 26.4 Å². The zero-order valence-corrected chi connectivity index (χ0v) is 15.0. The number of anilines is 1.